The third-order valence-corrected chi connectivity index (χ3v) is 3.74. The number of nitro groups is 1. The van der Waals surface area contributed by atoms with Gasteiger partial charge in [-0.15, -0.1) is 24.8 Å². The van der Waals surface area contributed by atoms with E-state index in [1.807, 2.05) is 0 Å². The Bertz CT molecular complexity index is 710. The molecule has 1 aromatic heterocycles. The number of nitrogens with two attached hydrogens (primary N) is 1. The Hall–Kier alpha value is -2.16. The summed E-state index contributed by atoms with van der Waals surface area (Å²) < 4.78 is 1.53. The van der Waals surface area contributed by atoms with Crippen LogP contribution in [0.3, 0.4) is 0 Å². The zero-order valence-corrected chi connectivity index (χ0v) is 16.0. The minimum atomic E-state index is -0.510. The van der Waals surface area contributed by atoms with Gasteiger partial charge in [-0.1, -0.05) is 19.8 Å². The highest BCUT2D eigenvalue weighted by Crippen LogP contribution is 2.24. The molecule has 0 saturated heterocycles. The predicted molar refractivity (Wildman–Crippen MR) is 105 cm³/mol. The van der Waals surface area contributed by atoms with Crippen molar-refractivity contribution < 1.29 is 9.72 Å². The van der Waals surface area contributed by atoms with Crippen molar-refractivity contribution in [1.82, 2.24) is 14.9 Å². The number of imidazole rings is 1. The molecule has 1 atom stereocenters. The number of nitrogens with zero attached hydrogens (tertiary/aromatic N) is 3. The smallest absolute Gasteiger partial charge is 0.294 e. The Morgan fingerprint density at radius 2 is 2.15 bits per heavy atom. The summed E-state index contributed by atoms with van der Waals surface area (Å²) in [5, 5.41) is 14.2. The van der Waals surface area contributed by atoms with E-state index in [-0.39, 0.29) is 48.0 Å². The number of unbranched alkanes of at least 4 members (excludes halogenated alkanes) is 1. The number of benzene rings is 1. The van der Waals surface area contributed by atoms with Gasteiger partial charge in [0.05, 0.1) is 11.3 Å². The highest BCUT2D eigenvalue weighted by molar-refractivity contribution is 5.95. The van der Waals surface area contributed by atoms with Gasteiger partial charge < -0.3 is 15.6 Å². The molecule has 144 valence electrons. The number of amides is 1. The van der Waals surface area contributed by atoms with Gasteiger partial charge >= 0.3 is 0 Å². The number of carbonyl (C=O) groups excluding carboxylic acids is 1. The van der Waals surface area contributed by atoms with Crippen LogP contribution in [0, 0.1) is 10.1 Å². The quantitative estimate of drug-likeness (QED) is 0.518. The van der Waals surface area contributed by atoms with E-state index in [0.717, 1.165) is 19.3 Å². The molecule has 1 unspecified atom stereocenters. The van der Waals surface area contributed by atoms with Crippen LogP contribution in [0.4, 0.5) is 5.69 Å². The number of nitrogens with one attached hydrogen (secondary N) is 1. The monoisotopic (exact) mass is 403 g/mol. The highest BCUT2D eigenvalue weighted by atomic mass is 35.5. The van der Waals surface area contributed by atoms with E-state index in [0.29, 0.717) is 12.2 Å². The maximum absolute atomic E-state index is 12.3. The lowest BCUT2D eigenvalue weighted by molar-refractivity contribution is -0.384. The van der Waals surface area contributed by atoms with Gasteiger partial charge in [-0.3, -0.25) is 14.9 Å². The Balaban J connectivity index is 0.00000312. The lowest BCUT2D eigenvalue weighted by Crippen LogP contribution is -2.40. The molecule has 1 aromatic carbocycles. The molecule has 0 aliphatic heterocycles. The molecule has 0 saturated carbocycles. The van der Waals surface area contributed by atoms with Gasteiger partial charge in [0.15, 0.2) is 0 Å². The van der Waals surface area contributed by atoms with Gasteiger partial charge in [-0.25, -0.2) is 4.98 Å². The number of carbonyl (C=O) groups is 1. The zero-order chi connectivity index (χ0) is 17.5. The molecule has 1 amide bonds. The van der Waals surface area contributed by atoms with Crippen molar-refractivity contribution in [2.24, 2.45) is 5.73 Å². The molecular weight excluding hydrogens is 381 g/mol. The summed E-state index contributed by atoms with van der Waals surface area (Å²) in [4.78, 5) is 27.0. The fourth-order valence-corrected chi connectivity index (χ4v) is 2.40. The Kier molecular flexibility index (Phi) is 10.5. The lowest BCUT2D eigenvalue weighted by atomic mass is 10.1. The van der Waals surface area contributed by atoms with Crippen LogP contribution in [0.1, 0.15) is 36.5 Å². The molecule has 0 radical (unpaired) electrons. The Morgan fingerprint density at radius 1 is 1.42 bits per heavy atom. The summed E-state index contributed by atoms with van der Waals surface area (Å²) in [5.41, 5.74) is 6.11. The first kappa shape index (κ1) is 23.8. The summed E-state index contributed by atoms with van der Waals surface area (Å²) in [6.45, 7) is 2.40. The second-order valence-electron chi connectivity index (χ2n) is 5.48. The topological polar surface area (TPSA) is 116 Å². The number of rotatable bonds is 8. The molecule has 0 aliphatic carbocycles. The van der Waals surface area contributed by atoms with Crippen LogP contribution in [0.25, 0.3) is 5.69 Å². The molecule has 26 heavy (non-hydrogen) atoms. The van der Waals surface area contributed by atoms with Crippen molar-refractivity contribution in [3.63, 3.8) is 0 Å². The number of halogens is 2. The first-order valence-corrected chi connectivity index (χ1v) is 7.84. The molecule has 0 spiro atoms. The van der Waals surface area contributed by atoms with Gasteiger partial charge in [0, 0.05) is 36.6 Å². The predicted octanol–water partition coefficient (Wildman–Crippen LogP) is 2.87. The number of aromatic nitrogens is 2. The molecule has 0 aliphatic rings. The zero-order valence-electron chi connectivity index (χ0n) is 14.3. The van der Waals surface area contributed by atoms with E-state index in [9.17, 15) is 14.9 Å². The molecule has 0 bridgehead atoms. The average molecular weight is 404 g/mol. The van der Waals surface area contributed by atoms with E-state index in [1.165, 1.54) is 29.2 Å². The summed E-state index contributed by atoms with van der Waals surface area (Å²) in [7, 11) is 0. The summed E-state index contributed by atoms with van der Waals surface area (Å²) >= 11 is 0. The molecule has 3 N–H and O–H groups in total. The van der Waals surface area contributed by atoms with Crippen LogP contribution in [0.2, 0.25) is 0 Å². The van der Waals surface area contributed by atoms with Crippen LogP contribution < -0.4 is 11.1 Å². The Labute approximate surface area is 164 Å². The van der Waals surface area contributed by atoms with E-state index < -0.39 is 4.92 Å². The van der Waals surface area contributed by atoms with Crippen LogP contribution in [0.15, 0.2) is 36.9 Å². The summed E-state index contributed by atoms with van der Waals surface area (Å²) in [6, 6.07) is 4.24. The first-order valence-electron chi connectivity index (χ1n) is 7.84. The van der Waals surface area contributed by atoms with Crippen LogP contribution in [-0.4, -0.2) is 33.0 Å². The molecule has 2 aromatic rings. The largest absolute Gasteiger partial charge is 0.348 e. The van der Waals surface area contributed by atoms with Crippen molar-refractivity contribution in [3.8, 4) is 5.69 Å². The second-order valence-corrected chi connectivity index (χ2v) is 5.48. The maximum Gasteiger partial charge on any atom is 0.294 e. The standard InChI is InChI=1S/C16H21N5O3.2ClH/c1-2-3-4-13(10-17)19-16(22)12-5-6-14(15(9-12)21(23)24)20-8-7-18-11-20;;/h5-9,11,13H,2-4,10,17H2,1H3,(H,19,22);2*1H. The minimum absolute atomic E-state index is 0. The van der Waals surface area contributed by atoms with Crippen LogP contribution >= 0.6 is 24.8 Å². The van der Waals surface area contributed by atoms with E-state index in [2.05, 4.69) is 17.2 Å². The fourth-order valence-electron chi connectivity index (χ4n) is 2.40. The third kappa shape index (κ3) is 5.98. The van der Waals surface area contributed by atoms with Crippen LogP contribution in [0.5, 0.6) is 0 Å². The van der Waals surface area contributed by atoms with Crippen molar-refractivity contribution in [3.05, 3.63) is 52.6 Å². The molecule has 1 heterocycles. The minimum Gasteiger partial charge on any atom is -0.348 e. The third-order valence-electron chi connectivity index (χ3n) is 3.74. The molecule has 0 fully saturated rings. The van der Waals surface area contributed by atoms with Gasteiger partial charge in [-0.05, 0) is 18.6 Å². The lowest BCUT2D eigenvalue weighted by Gasteiger charge is -2.16. The van der Waals surface area contributed by atoms with Crippen LogP contribution in [-0.2, 0) is 0 Å². The second kappa shape index (κ2) is 11.5. The van der Waals surface area contributed by atoms with Gasteiger partial charge in [0.1, 0.15) is 5.69 Å². The fraction of sp³-hybridized carbons (Fsp3) is 0.375. The van der Waals surface area contributed by atoms with Crippen molar-refractivity contribution >= 4 is 36.4 Å². The summed E-state index contributed by atoms with van der Waals surface area (Å²) in [6.07, 6.45) is 7.37. The van der Waals surface area contributed by atoms with Gasteiger partial charge in [0.25, 0.3) is 11.6 Å². The molecular formula is C16H23Cl2N5O3. The van der Waals surface area contributed by atoms with Crippen molar-refractivity contribution in [2.75, 3.05) is 6.54 Å². The van der Waals surface area contributed by atoms with E-state index in [4.69, 9.17) is 5.73 Å². The first-order chi connectivity index (χ1) is 11.6. The Morgan fingerprint density at radius 3 is 2.69 bits per heavy atom. The summed E-state index contributed by atoms with van der Waals surface area (Å²) in [5.74, 6) is -0.359. The number of nitro benzene ring substituents is 1. The number of hydrogen-bond donors (Lipinski definition) is 2. The van der Waals surface area contributed by atoms with Crippen molar-refractivity contribution in [1.29, 1.82) is 0 Å². The normalized spacial score (nSPS) is 11.0. The van der Waals surface area contributed by atoms with Gasteiger partial charge in [-0.2, -0.15) is 0 Å². The average Bonchev–Trinajstić information content (AvgIpc) is 3.12. The molecule has 10 heteroatoms. The maximum atomic E-state index is 12.3. The van der Waals surface area contributed by atoms with Gasteiger partial charge in [0.2, 0.25) is 0 Å². The van der Waals surface area contributed by atoms with E-state index >= 15 is 0 Å². The SMILES string of the molecule is CCCCC(CN)NC(=O)c1ccc(-n2ccnc2)c([N+](=O)[O-])c1.Cl.Cl. The van der Waals surface area contributed by atoms with E-state index in [1.54, 1.807) is 12.3 Å². The van der Waals surface area contributed by atoms with Crippen molar-refractivity contribution in [2.45, 2.75) is 32.2 Å². The highest BCUT2D eigenvalue weighted by Gasteiger charge is 2.20. The number of hydrogen-bond acceptors (Lipinski definition) is 5. The molecule has 8 nitrogen and oxygen atoms in total. The molecule has 2 rings (SSSR count).